The molecule has 0 unspecified atom stereocenters. The van der Waals surface area contributed by atoms with Crippen LogP contribution in [-0.2, 0) is 0 Å². The highest BCUT2D eigenvalue weighted by Crippen LogP contribution is 2.22. The first kappa shape index (κ1) is 17.4. The molecule has 0 saturated heterocycles. The smallest absolute Gasteiger partial charge is 0.319 e. The van der Waals surface area contributed by atoms with Crippen molar-refractivity contribution in [1.29, 1.82) is 0 Å². The van der Waals surface area contributed by atoms with Gasteiger partial charge in [-0.1, -0.05) is 41.4 Å². The number of urea groups is 1. The van der Waals surface area contributed by atoms with Crippen LogP contribution in [0, 0.1) is 6.92 Å². The van der Waals surface area contributed by atoms with Gasteiger partial charge >= 0.3 is 6.03 Å². The van der Waals surface area contributed by atoms with E-state index >= 15 is 0 Å². The molecular formula is C17H18Cl2N2O2. The van der Waals surface area contributed by atoms with E-state index in [1.807, 2.05) is 31.2 Å². The van der Waals surface area contributed by atoms with Gasteiger partial charge in [-0.3, -0.25) is 0 Å². The third-order valence-electron chi connectivity index (χ3n) is 3.08. The van der Waals surface area contributed by atoms with E-state index in [1.165, 1.54) is 0 Å². The molecule has 2 N–H and O–H groups in total. The van der Waals surface area contributed by atoms with Crippen molar-refractivity contribution in [3.63, 3.8) is 0 Å². The number of amides is 2. The van der Waals surface area contributed by atoms with Gasteiger partial charge in [0.2, 0.25) is 0 Å². The fourth-order valence-electron chi connectivity index (χ4n) is 1.98. The van der Waals surface area contributed by atoms with Gasteiger partial charge in [0.1, 0.15) is 5.75 Å². The minimum Gasteiger partial charge on any atom is -0.493 e. The SMILES string of the molecule is Cc1ccccc1OCCCNC(=O)Nc1cc(Cl)cc(Cl)c1. The molecule has 0 fully saturated rings. The first-order valence-electron chi connectivity index (χ1n) is 7.24. The predicted octanol–water partition coefficient (Wildman–Crippen LogP) is 4.89. The summed E-state index contributed by atoms with van der Waals surface area (Å²) in [5, 5.41) is 6.38. The molecule has 0 spiro atoms. The van der Waals surface area contributed by atoms with Gasteiger partial charge in [0.25, 0.3) is 0 Å². The van der Waals surface area contributed by atoms with E-state index in [9.17, 15) is 4.79 Å². The Morgan fingerprint density at radius 1 is 1.13 bits per heavy atom. The molecule has 4 nitrogen and oxygen atoms in total. The molecule has 6 heteroatoms. The number of para-hydroxylation sites is 1. The summed E-state index contributed by atoms with van der Waals surface area (Å²) in [5.41, 5.74) is 1.65. The average Bonchev–Trinajstić information content (AvgIpc) is 2.47. The van der Waals surface area contributed by atoms with Crippen molar-refractivity contribution >= 4 is 34.9 Å². The van der Waals surface area contributed by atoms with Gasteiger partial charge in [-0.15, -0.1) is 0 Å². The molecule has 2 rings (SSSR count). The lowest BCUT2D eigenvalue weighted by Gasteiger charge is -2.10. The Labute approximate surface area is 145 Å². The highest BCUT2D eigenvalue weighted by molar-refractivity contribution is 6.35. The van der Waals surface area contributed by atoms with E-state index in [4.69, 9.17) is 27.9 Å². The van der Waals surface area contributed by atoms with E-state index in [1.54, 1.807) is 18.2 Å². The summed E-state index contributed by atoms with van der Waals surface area (Å²) < 4.78 is 5.66. The fraction of sp³-hybridized carbons (Fsp3) is 0.235. The van der Waals surface area contributed by atoms with Crippen LogP contribution in [0.25, 0.3) is 0 Å². The monoisotopic (exact) mass is 352 g/mol. The number of aryl methyl sites for hydroxylation is 1. The Morgan fingerprint density at radius 3 is 2.52 bits per heavy atom. The zero-order chi connectivity index (χ0) is 16.7. The lowest BCUT2D eigenvalue weighted by molar-refractivity contribution is 0.250. The van der Waals surface area contributed by atoms with Crippen LogP contribution in [0.1, 0.15) is 12.0 Å². The third-order valence-corrected chi connectivity index (χ3v) is 3.51. The zero-order valence-electron chi connectivity index (χ0n) is 12.7. The van der Waals surface area contributed by atoms with Crippen LogP contribution < -0.4 is 15.4 Å². The number of hydrogen-bond donors (Lipinski definition) is 2. The van der Waals surface area contributed by atoms with Crippen molar-refractivity contribution in [2.24, 2.45) is 0 Å². The molecule has 0 aliphatic rings. The average molecular weight is 353 g/mol. The van der Waals surface area contributed by atoms with E-state index in [2.05, 4.69) is 10.6 Å². The van der Waals surface area contributed by atoms with Crippen LogP contribution in [0.4, 0.5) is 10.5 Å². The molecule has 0 radical (unpaired) electrons. The van der Waals surface area contributed by atoms with E-state index in [0.29, 0.717) is 35.3 Å². The molecule has 2 aromatic carbocycles. The van der Waals surface area contributed by atoms with Crippen molar-refractivity contribution < 1.29 is 9.53 Å². The maximum absolute atomic E-state index is 11.8. The molecule has 2 amide bonds. The van der Waals surface area contributed by atoms with Crippen molar-refractivity contribution in [1.82, 2.24) is 5.32 Å². The number of benzene rings is 2. The van der Waals surface area contributed by atoms with Crippen molar-refractivity contribution in [2.45, 2.75) is 13.3 Å². The predicted molar refractivity (Wildman–Crippen MR) is 94.8 cm³/mol. The number of nitrogens with one attached hydrogen (secondary N) is 2. The number of anilines is 1. The van der Waals surface area contributed by atoms with Crippen LogP contribution in [-0.4, -0.2) is 19.2 Å². The van der Waals surface area contributed by atoms with E-state index in [-0.39, 0.29) is 6.03 Å². The van der Waals surface area contributed by atoms with Crippen LogP contribution in [0.3, 0.4) is 0 Å². The van der Waals surface area contributed by atoms with Gasteiger partial charge in [0.15, 0.2) is 0 Å². The molecular weight excluding hydrogens is 335 g/mol. The lowest BCUT2D eigenvalue weighted by Crippen LogP contribution is -2.30. The van der Waals surface area contributed by atoms with Crippen LogP contribution >= 0.6 is 23.2 Å². The van der Waals surface area contributed by atoms with E-state index in [0.717, 1.165) is 11.3 Å². The van der Waals surface area contributed by atoms with Gasteiger partial charge in [-0.05, 0) is 43.2 Å². The van der Waals surface area contributed by atoms with Gasteiger partial charge in [0.05, 0.1) is 6.61 Å². The standard InChI is InChI=1S/C17H18Cl2N2O2/c1-12-5-2-3-6-16(12)23-8-4-7-20-17(22)21-15-10-13(18)9-14(19)11-15/h2-3,5-6,9-11H,4,7-8H2,1H3,(H2,20,21,22). The maximum atomic E-state index is 11.8. The molecule has 0 aromatic heterocycles. The number of halogens is 2. The molecule has 0 aliphatic carbocycles. The third kappa shape index (κ3) is 6.00. The summed E-state index contributed by atoms with van der Waals surface area (Å²) in [5.74, 6) is 0.866. The second kappa shape index (κ2) is 8.65. The van der Waals surface area contributed by atoms with Crippen molar-refractivity contribution in [3.8, 4) is 5.75 Å². The second-order valence-corrected chi connectivity index (χ2v) is 5.88. The molecule has 0 aliphatic heterocycles. The summed E-state index contributed by atoms with van der Waals surface area (Å²) >= 11 is 11.8. The highest BCUT2D eigenvalue weighted by Gasteiger charge is 2.04. The quantitative estimate of drug-likeness (QED) is 0.727. The Kier molecular flexibility index (Phi) is 6.56. The van der Waals surface area contributed by atoms with Gasteiger partial charge in [0, 0.05) is 22.3 Å². The van der Waals surface area contributed by atoms with Crippen molar-refractivity contribution in [3.05, 3.63) is 58.1 Å². The second-order valence-electron chi connectivity index (χ2n) is 5.01. The summed E-state index contributed by atoms with van der Waals surface area (Å²) in [4.78, 5) is 11.8. The number of carbonyl (C=O) groups excluding carboxylic acids is 1. The number of hydrogen-bond acceptors (Lipinski definition) is 2. The first-order valence-corrected chi connectivity index (χ1v) is 7.99. The maximum Gasteiger partial charge on any atom is 0.319 e. The molecule has 23 heavy (non-hydrogen) atoms. The molecule has 2 aromatic rings. The summed E-state index contributed by atoms with van der Waals surface area (Å²) in [7, 11) is 0. The molecule has 0 saturated carbocycles. The number of carbonyl (C=O) groups is 1. The summed E-state index contributed by atoms with van der Waals surface area (Å²) in [6, 6.07) is 12.4. The minimum atomic E-state index is -0.306. The largest absolute Gasteiger partial charge is 0.493 e. The van der Waals surface area contributed by atoms with Gasteiger partial charge in [-0.2, -0.15) is 0 Å². The van der Waals surface area contributed by atoms with Crippen LogP contribution in [0.15, 0.2) is 42.5 Å². The Bertz CT molecular complexity index is 657. The van der Waals surface area contributed by atoms with Crippen LogP contribution in [0.5, 0.6) is 5.75 Å². The van der Waals surface area contributed by atoms with Gasteiger partial charge in [-0.25, -0.2) is 4.79 Å². The van der Waals surface area contributed by atoms with Crippen LogP contribution in [0.2, 0.25) is 10.0 Å². The zero-order valence-corrected chi connectivity index (χ0v) is 14.2. The molecule has 0 heterocycles. The first-order chi connectivity index (χ1) is 11.0. The Hall–Kier alpha value is -1.91. The number of ether oxygens (including phenoxy) is 1. The molecule has 0 atom stereocenters. The summed E-state index contributed by atoms with van der Waals surface area (Å²) in [6.45, 7) is 3.04. The molecule has 122 valence electrons. The fourth-order valence-corrected chi connectivity index (χ4v) is 2.50. The normalized spacial score (nSPS) is 10.2. The number of rotatable bonds is 6. The molecule has 0 bridgehead atoms. The Balaban J connectivity index is 1.68. The van der Waals surface area contributed by atoms with E-state index < -0.39 is 0 Å². The van der Waals surface area contributed by atoms with Gasteiger partial charge < -0.3 is 15.4 Å². The lowest BCUT2D eigenvalue weighted by atomic mass is 10.2. The Morgan fingerprint density at radius 2 is 1.83 bits per heavy atom. The minimum absolute atomic E-state index is 0.306. The topological polar surface area (TPSA) is 50.4 Å². The summed E-state index contributed by atoms with van der Waals surface area (Å²) in [6.07, 6.45) is 0.706. The van der Waals surface area contributed by atoms with Crippen molar-refractivity contribution in [2.75, 3.05) is 18.5 Å². The highest BCUT2D eigenvalue weighted by atomic mass is 35.5.